The van der Waals surface area contributed by atoms with Gasteiger partial charge in [-0.25, -0.2) is 0 Å². The number of hydrogen-bond donors (Lipinski definition) is 1. The van der Waals surface area contributed by atoms with Crippen LogP contribution in [-0.4, -0.2) is 30.9 Å². The Hall–Kier alpha value is -0.280. The van der Waals surface area contributed by atoms with Crippen LogP contribution in [0, 0.1) is 10.8 Å². The van der Waals surface area contributed by atoms with E-state index in [1.807, 2.05) is 11.9 Å². The predicted octanol–water partition coefficient (Wildman–Crippen LogP) is 2.43. The summed E-state index contributed by atoms with van der Waals surface area (Å²) in [5, 5.41) is 0. The number of amides is 1. The Bertz CT molecular complexity index is 257. The van der Waals surface area contributed by atoms with E-state index in [0.717, 1.165) is 25.8 Å². The van der Waals surface area contributed by atoms with Gasteiger partial charge >= 0.3 is 0 Å². The highest BCUT2D eigenvalue weighted by Gasteiger charge is 2.44. The van der Waals surface area contributed by atoms with Crippen molar-refractivity contribution in [3.8, 4) is 0 Å². The second-order valence-corrected chi connectivity index (χ2v) is 6.02. The van der Waals surface area contributed by atoms with E-state index < -0.39 is 0 Å². The summed E-state index contributed by atoms with van der Waals surface area (Å²) in [7, 11) is 1.91. The average Bonchev–Trinajstić information content (AvgIpc) is 2.16. The quantitative estimate of drug-likeness (QED) is 0.827. The number of hydrogen-bond acceptors (Lipinski definition) is 2. The number of carbonyl (C=O) groups is 1. The van der Waals surface area contributed by atoms with Crippen LogP contribution in [0.1, 0.15) is 46.5 Å². The fourth-order valence-electron chi connectivity index (χ4n) is 2.51. The van der Waals surface area contributed by atoms with E-state index in [0.29, 0.717) is 12.5 Å². The second-order valence-electron chi connectivity index (χ2n) is 6.02. The van der Waals surface area contributed by atoms with Crippen molar-refractivity contribution in [1.82, 2.24) is 4.90 Å². The summed E-state index contributed by atoms with van der Waals surface area (Å²) in [4.78, 5) is 14.2. The van der Waals surface area contributed by atoms with E-state index >= 15 is 0 Å². The largest absolute Gasteiger partial charge is 0.345 e. The molecule has 102 valence electrons. The number of carbonyl (C=O) groups excluding carboxylic acids is 1. The maximum atomic E-state index is 12.4. The topological polar surface area (TPSA) is 46.3 Å². The van der Waals surface area contributed by atoms with Crippen LogP contribution >= 0.6 is 12.4 Å². The molecule has 1 fully saturated rings. The first-order valence-electron chi connectivity index (χ1n) is 6.32. The first-order chi connectivity index (χ1) is 7.37. The Labute approximate surface area is 112 Å². The van der Waals surface area contributed by atoms with E-state index in [1.165, 1.54) is 6.42 Å². The lowest BCUT2D eigenvalue weighted by Crippen LogP contribution is -2.49. The zero-order chi connectivity index (χ0) is 12.4. The molecule has 4 heteroatoms. The highest BCUT2D eigenvalue weighted by atomic mass is 35.5. The molecular formula is C13H27ClN2O. The Kier molecular flexibility index (Phi) is 5.95. The molecule has 1 rings (SSSR count). The van der Waals surface area contributed by atoms with Crippen molar-refractivity contribution in [3.63, 3.8) is 0 Å². The minimum absolute atomic E-state index is 0. The molecule has 1 aliphatic carbocycles. The smallest absolute Gasteiger partial charge is 0.228 e. The zero-order valence-corrected chi connectivity index (χ0v) is 12.4. The van der Waals surface area contributed by atoms with E-state index in [1.54, 1.807) is 0 Å². The van der Waals surface area contributed by atoms with Gasteiger partial charge in [-0.1, -0.05) is 27.2 Å². The predicted molar refractivity (Wildman–Crippen MR) is 74.3 cm³/mol. The van der Waals surface area contributed by atoms with Gasteiger partial charge < -0.3 is 10.6 Å². The van der Waals surface area contributed by atoms with E-state index in [4.69, 9.17) is 5.73 Å². The third kappa shape index (κ3) is 3.59. The van der Waals surface area contributed by atoms with Gasteiger partial charge in [0, 0.05) is 19.0 Å². The molecule has 0 radical (unpaired) electrons. The molecule has 0 unspecified atom stereocenters. The van der Waals surface area contributed by atoms with Crippen LogP contribution in [0.3, 0.4) is 0 Å². The maximum Gasteiger partial charge on any atom is 0.228 e. The first-order valence-corrected chi connectivity index (χ1v) is 6.32. The molecule has 0 spiro atoms. The second kappa shape index (κ2) is 6.05. The molecule has 2 N–H and O–H groups in total. The molecule has 0 atom stereocenters. The summed E-state index contributed by atoms with van der Waals surface area (Å²) >= 11 is 0. The minimum Gasteiger partial charge on any atom is -0.345 e. The lowest BCUT2D eigenvalue weighted by molar-refractivity contribution is -0.147. The Balaban J connectivity index is 0.00000256. The van der Waals surface area contributed by atoms with Crippen LogP contribution in [0.15, 0.2) is 0 Å². The van der Waals surface area contributed by atoms with Gasteiger partial charge in [-0.05, 0) is 31.2 Å². The number of nitrogens with zero attached hydrogens (tertiary/aromatic N) is 1. The third-order valence-electron chi connectivity index (χ3n) is 4.01. The molecule has 0 heterocycles. The minimum atomic E-state index is -0.0422. The van der Waals surface area contributed by atoms with Gasteiger partial charge in [0.2, 0.25) is 5.91 Å². The summed E-state index contributed by atoms with van der Waals surface area (Å²) in [5.41, 5.74) is 5.68. The summed E-state index contributed by atoms with van der Waals surface area (Å²) in [6.07, 6.45) is 4.30. The Morgan fingerprint density at radius 1 is 1.41 bits per heavy atom. The van der Waals surface area contributed by atoms with Crippen molar-refractivity contribution >= 4 is 18.3 Å². The van der Waals surface area contributed by atoms with Crippen molar-refractivity contribution in [2.45, 2.75) is 46.5 Å². The maximum absolute atomic E-state index is 12.4. The van der Waals surface area contributed by atoms with Crippen LogP contribution < -0.4 is 5.73 Å². The van der Waals surface area contributed by atoms with Gasteiger partial charge in [-0.15, -0.1) is 12.4 Å². The van der Waals surface area contributed by atoms with Crippen LogP contribution in [0.5, 0.6) is 0 Å². The third-order valence-corrected chi connectivity index (χ3v) is 4.01. The van der Waals surface area contributed by atoms with Gasteiger partial charge in [-0.2, -0.15) is 0 Å². The van der Waals surface area contributed by atoms with Gasteiger partial charge in [0.05, 0.1) is 0 Å². The van der Waals surface area contributed by atoms with Crippen LogP contribution in [-0.2, 0) is 4.79 Å². The number of halogens is 1. The van der Waals surface area contributed by atoms with Gasteiger partial charge in [0.15, 0.2) is 0 Å². The fraction of sp³-hybridized carbons (Fsp3) is 0.923. The molecule has 1 saturated carbocycles. The highest BCUT2D eigenvalue weighted by molar-refractivity contribution is 5.85. The van der Waals surface area contributed by atoms with Gasteiger partial charge in [0.1, 0.15) is 0 Å². The van der Waals surface area contributed by atoms with Gasteiger partial charge in [-0.3, -0.25) is 4.79 Å². The molecule has 0 bridgehead atoms. The van der Waals surface area contributed by atoms with Crippen LogP contribution in [0.2, 0.25) is 0 Å². The van der Waals surface area contributed by atoms with E-state index in [-0.39, 0.29) is 23.2 Å². The van der Waals surface area contributed by atoms with Crippen molar-refractivity contribution in [3.05, 3.63) is 0 Å². The standard InChI is InChI=1S/C13H26N2O.ClH/c1-5-13(7-6-8-13)11(16)15(4)10-12(2,3)9-14;/h5-10,14H2,1-4H3;1H. The summed E-state index contributed by atoms with van der Waals surface area (Å²) < 4.78 is 0. The normalized spacial score (nSPS) is 17.9. The van der Waals surface area contributed by atoms with Crippen molar-refractivity contribution in [1.29, 1.82) is 0 Å². The zero-order valence-electron chi connectivity index (χ0n) is 11.6. The molecule has 0 aromatic carbocycles. The molecule has 1 aliphatic rings. The van der Waals surface area contributed by atoms with E-state index in [9.17, 15) is 4.79 Å². The Morgan fingerprint density at radius 3 is 2.24 bits per heavy atom. The number of rotatable bonds is 5. The van der Waals surface area contributed by atoms with Gasteiger partial charge in [0.25, 0.3) is 0 Å². The monoisotopic (exact) mass is 262 g/mol. The molecule has 0 aliphatic heterocycles. The molecule has 0 saturated heterocycles. The molecule has 0 aromatic rings. The van der Waals surface area contributed by atoms with Crippen molar-refractivity contribution < 1.29 is 4.79 Å². The fourth-order valence-corrected chi connectivity index (χ4v) is 2.51. The first kappa shape index (κ1) is 16.7. The molecular weight excluding hydrogens is 236 g/mol. The van der Waals surface area contributed by atoms with Crippen molar-refractivity contribution in [2.75, 3.05) is 20.1 Å². The lowest BCUT2D eigenvalue weighted by Gasteiger charge is -2.43. The lowest BCUT2D eigenvalue weighted by atomic mass is 9.66. The molecule has 0 aromatic heterocycles. The highest BCUT2D eigenvalue weighted by Crippen LogP contribution is 2.45. The summed E-state index contributed by atoms with van der Waals surface area (Å²) in [5.74, 6) is 0.322. The van der Waals surface area contributed by atoms with Crippen LogP contribution in [0.25, 0.3) is 0 Å². The summed E-state index contributed by atoms with van der Waals surface area (Å²) in [6, 6.07) is 0. The Morgan fingerprint density at radius 2 is 1.94 bits per heavy atom. The van der Waals surface area contributed by atoms with E-state index in [2.05, 4.69) is 20.8 Å². The molecule has 1 amide bonds. The van der Waals surface area contributed by atoms with Crippen LogP contribution in [0.4, 0.5) is 0 Å². The number of nitrogens with two attached hydrogens (primary N) is 1. The average molecular weight is 263 g/mol. The van der Waals surface area contributed by atoms with Crippen molar-refractivity contribution in [2.24, 2.45) is 16.6 Å². The molecule has 17 heavy (non-hydrogen) atoms. The SMILES string of the molecule is CCC1(C(=O)N(C)CC(C)(C)CN)CCC1.Cl. The summed E-state index contributed by atoms with van der Waals surface area (Å²) in [6.45, 7) is 7.71. The molecule has 3 nitrogen and oxygen atoms in total.